The molecule has 1 aromatic rings. The van der Waals surface area contributed by atoms with Gasteiger partial charge in [-0.2, -0.15) is 0 Å². The van der Waals surface area contributed by atoms with E-state index in [0.717, 1.165) is 44.4 Å². The Labute approximate surface area is 105 Å². The number of hydrogen-bond acceptors (Lipinski definition) is 2. The zero-order chi connectivity index (χ0) is 13.0. The van der Waals surface area contributed by atoms with Crippen LogP contribution in [0.4, 0.5) is 8.78 Å². The van der Waals surface area contributed by atoms with Crippen LogP contribution < -0.4 is 0 Å². The van der Waals surface area contributed by atoms with E-state index in [1.165, 1.54) is 6.07 Å². The minimum Gasteiger partial charge on any atom is -0.378 e. The van der Waals surface area contributed by atoms with E-state index in [2.05, 4.69) is 0 Å². The van der Waals surface area contributed by atoms with Crippen LogP contribution >= 0.6 is 0 Å². The molecule has 2 rings (SSSR count). The third kappa shape index (κ3) is 3.35. The molecule has 0 aliphatic carbocycles. The van der Waals surface area contributed by atoms with E-state index in [1.54, 1.807) is 0 Å². The monoisotopic (exact) mass is 254 g/mol. The molecule has 0 radical (unpaired) electrons. The Morgan fingerprint density at radius 2 is 2.17 bits per heavy atom. The lowest BCUT2D eigenvalue weighted by molar-refractivity contribution is 0.0922. The summed E-state index contributed by atoms with van der Waals surface area (Å²) < 4.78 is 31.1. The Hall–Kier alpha value is -1.29. The zero-order valence-electron chi connectivity index (χ0n) is 10.1. The smallest absolute Gasteiger partial charge is 0.162 e. The largest absolute Gasteiger partial charge is 0.378 e. The van der Waals surface area contributed by atoms with Crippen molar-refractivity contribution >= 4 is 5.78 Å². The van der Waals surface area contributed by atoms with Crippen LogP contribution in [0.5, 0.6) is 0 Å². The number of hydrogen-bond donors (Lipinski definition) is 0. The standard InChI is InChI=1S/C14H16F2O2/c15-12-7-6-10(9-13(12)16)14(17)5-1-3-11-4-2-8-18-11/h6-7,9,11H,1-5,8H2. The van der Waals surface area contributed by atoms with E-state index in [0.29, 0.717) is 6.42 Å². The maximum Gasteiger partial charge on any atom is 0.162 e. The van der Waals surface area contributed by atoms with E-state index in [9.17, 15) is 13.6 Å². The molecular formula is C14H16F2O2. The summed E-state index contributed by atoms with van der Waals surface area (Å²) in [6, 6.07) is 3.28. The molecule has 1 saturated heterocycles. The van der Waals surface area contributed by atoms with Gasteiger partial charge in [0.15, 0.2) is 17.4 Å². The topological polar surface area (TPSA) is 26.3 Å². The number of carbonyl (C=O) groups is 1. The Bertz CT molecular complexity index is 426. The van der Waals surface area contributed by atoms with Crippen molar-refractivity contribution in [3.63, 3.8) is 0 Å². The van der Waals surface area contributed by atoms with Crippen LogP contribution in [0, 0.1) is 11.6 Å². The Kier molecular flexibility index (Phi) is 4.42. The summed E-state index contributed by atoms with van der Waals surface area (Å²) in [5.41, 5.74) is 0.237. The molecule has 1 heterocycles. The molecule has 0 aromatic heterocycles. The first kappa shape index (κ1) is 13.1. The third-order valence-electron chi connectivity index (χ3n) is 3.20. The van der Waals surface area contributed by atoms with Crippen LogP contribution in [-0.2, 0) is 4.74 Å². The van der Waals surface area contributed by atoms with Crippen molar-refractivity contribution in [1.82, 2.24) is 0 Å². The lowest BCUT2D eigenvalue weighted by Gasteiger charge is -2.08. The predicted molar refractivity (Wildman–Crippen MR) is 63.5 cm³/mol. The number of carbonyl (C=O) groups excluding carboxylic acids is 1. The Morgan fingerprint density at radius 1 is 1.33 bits per heavy atom. The van der Waals surface area contributed by atoms with Crippen molar-refractivity contribution in [3.05, 3.63) is 35.4 Å². The van der Waals surface area contributed by atoms with Crippen LogP contribution in [-0.4, -0.2) is 18.5 Å². The number of benzene rings is 1. The maximum absolute atomic E-state index is 13.0. The summed E-state index contributed by atoms with van der Waals surface area (Å²) in [7, 11) is 0. The highest BCUT2D eigenvalue weighted by atomic mass is 19.2. The lowest BCUT2D eigenvalue weighted by atomic mass is 10.0. The summed E-state index contributed by atoms with van der Waals surface area (Å²) in [5.74, 6) is -2.04. The van der Waals surface area contributed by atoms with Gasteiger partial charge in [0.2, 0.25) is 0 Å². The number of halogens is 2. The molecule has 0 bridgehead atoms. The van der Waals surface area contributed by atoms with Crippen molar-refractivity contribution in [2.75, 3.05) is 6.61 Å². The zero-order valence-corrected chi connectivity index (χ0v) is 10.1. The van der Waals surface area contributed by atoms with E-state index < -0.39 is 11.6 Å². The molecular weight excluding hydrogens is 238 g/mol. The molecule has 1 aliphatic rings. The van der Waals surface area contributed by atoms with Crippen LogP contribution in [0.2, 0.25) is 0 Å². The maximum atomic E-state index is 13.0. The molecule has 98 valence electrons. The molecule has 0 spiro atoms. The number of ether oxygens (including phenoxy) is 1. The van der Waals surface area contributed by atoms with Crippen LogP contribution in [0.1, 0.15) is 42.5 Å². The summed E-state index contributed by atoms with van der Waals surface area (Å²) in [6.07, 6.45) is 4.34. The first-order valence-electron chi connectivity index (χ1n) is 6.26. The minimum atomic E-state index is -0.972. The van der Waals surface area contributed by atoms with Gasteiger partial charge >= 0.3 is 0 Å². The average Bonchev–Trinajstić information content (AvgIpc) is 2.85. The molecule has 1 atom stereocenters. The van der Waals surface area contributed by atoms with Gasteiger partial charge in [-0.15, -0.1) is 0 Å². The van der Waals surface area contributed by atoms with Crippen LogP contribution in [0.15, 0.2) is 18.2 Å². The molecule has 18 heavy (non-hydrogen) atoms. The second-order valence-electron chi connectivity index (χ2n) is 4.58. The quantitative estimate of drug-likeness (QED) is 0.752. The summed E-state index contributed by atoms with van der Waals surface area (Å²) in [6.45, 7) is 0.807. The van der Waals surface area contributed by atoms with E-state index in [4.69, 9.17) is 4.74 Å². The fourth-order valence-corrected chi connectivity index (χ4v) is 2.18. The predicted octanol–water partition coefficient (Wildman–Crippen LogP) is 3.50. The van der Waals surface area contributed by atoms with Crippen LogP contribution in [0.25, 0.3) is 0 Å². The van der Waals surface area contributed by atoms with Crippen molar-refractivity contribution < 1.29 is 18.3 Å². The molecule has 0 amide bonds. The van der Waals surface area contributed by atoms with Crippen molar-refractivity contribution in [1.29, 1.82) is 0 Å². The molecule has 0 N–H and O–H groups in total. The second-order valence-corrected chi connectivity index (χ2v) is 4.58. The fraction of sp³-hybridized carbons (Fsp3) is 0.500. The second kappa shape index (κ2) is 6.05. The Balaban J connectivity index is 1.81. The molecule has 1 aliphatic heterocycles. The van der Waals surface area contributed by atoms with Gasteiger partial charge < -0.3 is 4.74 Å². The highest BCUT2D eigenvalue weighted by molar-refractivity contribution is 5.95. The van der Waals surface area contributed by atoms with E-state index in [-0.39, 0.29) is 17.5 Å². The lowest BCUT2D eigenvalue weighted by Crippen LogP contribution is -2.07. The van der Waals surface area contributed by atoms with E-state index >= 15 is 0 Å². The molecule has 1 aromatic carbocycles. The van der Waals surface area contributed by atoms with Crippen molar-refractivity contribution in [2.24, 2.45) is 0 Å². The summed E-state index contributed by atoms with van der Waals surface area (Å²) in [4.78, 5) is 11.8. The average molecular weight is 254 g/mol. The SMILES string of the molecule is O=C(CCCC1CCCO1)c1ccc(F)c(F)c1. The fourth-order valence-electron chi connectivity index (χ4n) is 2.18. The van der Waals surface area contributed by atoms with Gasteiger partial charge in [0.25, 0.3) is 0 Å². The third-order valence-corrected chi connectivity index (χ3v) is 3.20. The molecule has 1 fully saturated rings. The number of Topliss-reactive ketones (excluding diaryl/α,β-unsaturated/α-hetero) is 1. The van der Waals surface area contributed by atoms with Crippen molar-refractivity contribution in [2.45, 2.75) is 38.2 Å². The molecule has 4 heteroatoms. The van der Waals surface area contributed by atoms with Gasteiger partial charge in [0, 0.05) is 18.6 Å². The molecule has 0 saturated carbocycles. The Morgan fingerprint density at radius 3 is 2.83 bits per heavy atom. The van der Waals surface area contributed by atoms with Gasteiger partial charge in [-0.1, -0.05) is 0 Å². The summed E-state index contributed by atoms with van der Waals surface area (Å²) >= 11 is 0. The van der Waals surface area contributed by atoms with E-state index in [1.807, 2.05) is 0 Å². The highest BCUT2D eigenvalue weighted by Crippen LogP contribution is 2.19. The van der Waals surface area contributed by atoms with Crippen molar-refractivity contribution in [3.8, 4) is 0 Å². The first-order chi connectivity index (χ1) is 8.66. The molecule has 1 unspecified atom stereocenters. The minimum absolute atomic E-state index is 0.146. The van der Waals surface area contributed by atoms with Gasteiger partial charge in [-0.05, 0) is 43.9 Å². The summed E-state index contributed by atoms with van der Waals surface area (Å²) in [5, 5.41) is 0. The highest BCUT2D eigenvalue weighted by Gasteiger charge is 2.16. The van der Waals surface area contributed by atoms with Gasteiger partial charge in [0.1, 0.15) is 0 Å². The first-order valence-corrected chi connectivity index (χ1v) is 6.26. The normalized spacial score (nSPS) is 19.1. The van der Waals surface area contributed by atoms with Gasteiger partial charge in [0.05, 0.1) is 6.10 Å². The molecule has 2 nitrogen and oxygen atoms in total. The number of ketones is 1. The van der Waals surface area contributed by atoms with Gasteiger partial charge in [-0.3, -0.25) is 4.79 Å². The van der Waals surface area contributed by atoms with Crippen LogP contribution in [0.3, 0.4) is 0 Å². The van der Waals surface area contributed by atoms with Gasteiger partial charge in [-0.25, -0.2) is 8.78 Å². The number of rotatable bonds is 5.